The lowest BCUT2D eigenvalue weighted by molar-refractivity contribution is -0.136. The van der Waals surface area contributed by atoms with E-state index >= 15 is 0 Å². The average Bonchev–Trinajstić information content (AvgIpc) is 2.38. The third kappa shape index (κ3) is 6.14. The van der Waals surface area contributed by atoms with E-state index < -0.39 is 16.0 Å². The Morgan fingerprint density at radius 1 is 1.29 bits per heavy atom. The van der Waals surface area contributed by atoms with Gasteiger partial charge in [0, 0.05) is 6.54 Å². The van der Waals surface area contributed by atoms with Crippen LogP contribution in [0.5, 0.6) is 0 Å². The lowest BCUT2D eigenvalue weighted by atomic mass is 10.3. The second-order valence-electron chi connectivity index (χ2n) is 4.79. The summed E-state index contributed by atoms with van der Waals surface area (Å²) in [7, 11) is -3.62. The Kier molecular flexibility index (Phi) is 6.64. The molecular weight excluding hydrogens is 294 g/mol. The van der Waals surface area contributed by atoms with Gasteiger partial charge in [-0.25, -0.2) is 8.42 Å². The van der Waals surface area contributed by atoms with Crippen LogP contribution < -0.4 is 4.31 Å². The number of rotatable bonds is 9. The zero-order chi connectivity index (χ0) is 15.9. The molecule has 0 atom stereocenters. The van der Waals surface area contributed by atoms with Gasteiger partial charge in [0.1, 0.15) is 0 Å². The number of sulfonamides is 1. The molecule has 0 spiro atoms. The Morgan fingerprint density at radius 2 is 1.90 bits per heavy atom. The number of benzene rings is 1. The van der Waals surface area contributed by atoms with Crippen LogP contribution in [-0.4, -0.2) is 44.5 Å². The van der Waals surface area contributed by atoms with E-state index in [1.165, 1.54) is 0 Å². The molecule has 0 aliphatic rings. The van der Waals surface area contributed by atoms with Crippen LogP contribution in [0.1, 0.15) is 20.3 Å². The minimum atomic E-state index is -3.62. The van der Waals surface area contributed by atoms with Crippen molar-refractivity contribution in [3.8, 4) is 0 Å². The van der Waals surface area contributed by atoms with Crippen molar-refractivity contribution in [1.29, 1.82) is 0 Å². The Balaban J connectivity index is 2.86. The molecule has 6 nitrogen and oxygen atoms in total. The van der Waals surface area contributed by atoms with Gasteiger partial charge in [-0.1, -0.05) is 18.2 Å². The monoisotopic (exact) mass is 315 g/mol. The summed E-state index contributed by atoms with van der Waals surface area (Å²) in [6, 6.07) is 8.48. The quantitative estimate of drug-likeness (QED) is 0.750. The number of hydrogen-bond donors (Lipinski definition) is 1. The molecule has 0 unspecified atom stereocenters. The summed E-state index contributed by atoms with van der Waals surface area (Å²) >= 11 is 0. The molecule has 118 valence electrons. The Bertz CT molecular complexity index is 542. The van der Waals surface area contributed by atoms with E-state index in [9.17, 15) is 13.2 Å². The molecule has 1 rings (SSSR count). The van der Waals surface area contributed by atoms with Crippen molar-refractivity contribution < 1.29 is 23.1 Å². The Morgan fingerprint density at radius 3 is 2.43 bits per heavy atom. The lowest BCUT2D eigenvalue weighted by Crippen LogP contribution is -2.36. The van der Waals surface area contributed by atoms with Gasteiger partial charge in [-0.2, -0.15) is 0 Å². The SMILES string of the molecule is CC(C)OCCS(=O)(=O)N(CCC(=O)O)c1ccccc1. The van der Waals surface area contributed by atoms with Crippen molar-refractivity contribution >= 4 is 21.7 Å². The van der Waals surface area contributed by atoms with Crippen LogP contribution in [0.4, 0.5) is 5.69 Å². The topological polar surface area (TPSA) is 83.9 Å². The first-order chi connectivity index (χ1) is 9.83. The fourth-order valence-electron chi connectivity index (χ4n) is 1.72. The number of para-hydroxylation sites is 1. The molecule has 0 heterocycles. The number of nitrogens with zero attached hydrogens (tertiary/aromatic N) is 1. The Labute approximate surface area is 125 Å². The molecule has 7 heteroatoms. The van der Waals surface area contributed by atoms with Gasteiger partial charge in [0.2, 0.25) is 10.0 Å². The summed E-state index contributed by atoms with van der Waals surface area (Å²) in [6.07, 6.45) is -0.302. The fourth-order valence-corrected chi connectivity index (χ4v) is 3.06. The van der Waals surface area contributed by atoms with Gasteiger partial charge >= 0.3 is 5.97 Å². The van der Waals surface area contributed by atoms with E-state index in [2.05, 4.69) is 0 Å². The highest BCUT2D eigenvalue weighted by Gasteiger charge is 2.23. The molecule has 0 fully saturated rings. The minimum absolute atomic E-state index is 0.0515. The van der Waals surface area contributed by atoms with E-state index in [4.69, 9.17) is 9.84 Å². The zero-order valence-electron chi connectivity index (χ0n) is 12.2. The van der Waals surface area contributed by atoms with Gasteiger partial charge in [-0.3, -0.25) is 9.10 Å². The van der Waals surface area contributed by atoms with Crippen LogP contribution in [0.15, 0.2) is 30.3 Å². The second-order valence-corrected chi connectivity index (χ2v) is 6.80. The first kappa shape index (κ1) is 17.5. The third-order valence-corrected chi connectivity index (χ3v) is 4.45. The van der Waals surface area contributed by atoms with E-state index in [1.54, 1.807) is 30.3 Å². The summed E-state index contributed by atoms with van der Waals surface area (Å²) in [6.45, 7) is 3.64. The summed E-state index contributed by atoms with van der Waals surface area (Å²) in [5, 5.41) is 8.78. The first-order valence-corrected chi connectivity index (χ1v) is 8.32. The predicted octanol–water partition coefficient (Wildman–Crippen LogP) is 1.72. The minimum Gasteiger partial charge on any atom is -0.481 e. The molecule has 0 saturated heterocycles. The molecule has 0 bridgehead atoms. The van der Waals surface area contributed by atoms with Crippen molar-refractivity contribution in [2.45, 2.75) is 26.4 Å². The average molecular weight is 315 g/mol. The van der Waals surface area contributed by atoms with Crippen LogP contribution in [0, 0.1) is 0 Å². The molecule has 1 aromatic rings. The van der Waals surface area contributed by atoms with Gasteiger partial charge in [-0.15, -0.1) is 0 Å². The molecule has 0 saturated carbocycles. The number of carbonyl (C=O) groups is 1. The van der Waals surface area contributed by atoms with Crippen molar-refractivity contribution in [2.24, 2.45) is 0 Å². The first-order valence-electron chi connectivity index (χ1n) is 6.72. The third-order valence-electron chi connectivity index (χ3n) is 2.70. The van der Waals surface area contributed by atoms with Crippen molar-refractivity contribution in [2.75, 3.05) is 23.2 Å². The molecule has 0 aromatic heterocycles. The highest BCUT2D eigenvalue weighted by molar-refractivity contribution is 7.92. The number of ether oxygens (including phenoxy) is 1. The molecule has 0 aliphatic carbocycles. The lowest BCUT2D eigenvalue weighted by Gasteiger charge is -2.24. The highest BCUT2D eigenvalue weighted by atomic mass is 32.2. The normalized spacial score (nSPS) is 11.6. The van der Waals surface area contributed by atoms with Gasteiger partial charge < -0.3 is 9.84 Å². The highest BCUT2D eigenvalue weighted by Crippen LogP contribution is 2.18. The van der Waals surface area contributed by atoms with Gasteiger partial charge in [0.05, 0.1) is 30.6 Å². The second kappa shape index (κ2) is 7.99. The van der Waals surface area contributed by atoms with Crippen LogP contribution in [0.25, 0.3) is 0 Å². The smallest absolute Gasteiger partial charge is 0.305 e. The molecule has 21 heavy (non-hydrogen) atoms. The van der Waals surface area contributed by atoms with Crippen LogP contribution >= 0.6 is 0 Å². The van der Waals surface area contributed by atoms with Gasteiger partial charge in [0.15, 0.2) is 0 Å². The summed E-state index contributed by atoms with van der Waals surface area (Å²) in [5.41, 5.74) is 0.461. The number of carboxylic acids is 1. The van der Waals surface area contributed by atoms with Crippen molar-refractivity contribution in [3.05, 3.63) is 30.3 Å². The number of anilines is 1. The number of aliphatic carboxylic acids is 1. The maximum absolute atomic E-state index is 12.4. The predicted molar refractivity (Wildman–Crippen MR) is 80.9 cm³/mol. The molecule has 1 aromatic carbocycles. The van der Waals surface area contributed by atoms with Crippen molar-refractivity contribution in [1.82, 2.24) is 0 Å². The summed E-state index contributed by atoms with van der Waals surface area (Å²) in [4.78, 5) is 10.7. The molecular formula is C14H21NO5S. The zero-order valence-corrected chi connectivity index (χ0v) is 13.0. The largest absolute Gasteiger partial charge is 0.481 e. The van der Waals surface area contributed by atoms with Crippen LogP contribution in [0.2, 0.25) is 0 Å². The van der Waals surface area contributed by atoms with E-state index in [1.807, 2.05) is 13.8 Å². The fraction of sp³-hybridized carbons (Fsp3) is 0.500. The summed E-state index contributed by atoms with van der Waals surface area (Å²) < 4.78 is 31.2. The standard InChI is InChI=1S/C14H21NO5S/c1-12(2)20-10-11-21(18,19)15(9-8-14(16)17)13-6-4-3-5-7-13/h3-7,12H,8-11H2,1-2H3,(H,16,17). The Hall–Kier alpha value is -1.60. The molecule has 0 radical (unpaired) electrons. The van der Waals surface area contributed by atoms with Gasteiger partial charge in [-0.05, 0) is 26.0 Å². The van der Waals surface area contributed by atoms with Crippen molar-refractivity contribution in [3.63, 3.8) is 0 Å². The van der Waals surface area contributed by atoms with Crippen LogP contribution in [0.3, 0.4) is 0 Å². The molecule has 1 N–H and O–H groups in total. The maximum atomic E-state index is 12.4. The van der Waals surface area contributed by atoms with Crippen LogP contribution in [-0.2, 0) is 19.6 Å². The van der Waals surface area contributed by atoms with E-state index in [-0.39, 0.29) is 31.4 Å². The van der Waals surface area contributed by atoms with E-state index in [0.717, 1.165) is 4.31 Å². The van der Waals surface area contributed by atoms with Gasteiger partial charge in [0.25, 0.3) is 0 Å². The molecule has 0 amide bonds. The number of carboxylic acid groups (broad SMARTS) is 1. The van der Waals surface area contributed by atoms with E-state index in [0.29, 0.717) is 5.69 Å². The number of hydrogen-bond acceptors (Lipinski definition) is 4. The summed E-state index contributed by atoms with van der Waals surface area (Å²) in [5.74, 6) is -1.22. The molecule has 0 aliphatic heterocycles. The maximum Gasteiger partial charge on any atom is 0.305 e.